The van der Waals surface area contributed by atoms with E-state index >= 15 is 0 Å². The summed E-state index contributed by atoms with van der Waals surface area (Å²) in [5.74, 6) is 0. The van der Waals surface area contributed by atoms with Gasteiger partial charge in [-0.25, -0.2) is 0 Å². The van der Waals surface area contributed by atoms with Gasteiger partial charge in [0.25, 0.3) is 18.9 Å². The predicted molar refractivity (Wildman–Crippen MR) is 477 cm³/mol. The highest BCUT2D eigenvalue weighted by Crippen LogP contribution is 2.38. The summed E-state index contributed by atoms with van der Waals surface area (Å²) in [6.07, 6.45) is 25.0. The van der Waals surface area contributed by atoms with Gasteiger partial charge in [-0.2, -0.15) is 0 Å². The molecule has 0 aliphatic carbocycles. The first kappa shape index (κ1) is 108. The molecule has 1 aliphatic rings. The average molecular weight is 1800 g/mol. The van der Waals surface area contributed by atoms with Crippen LogP contribution in [0.1, 0.15) is 141 Å². The number of unbranched alkanes of at least 4 members (excludes halogenated alkanes) is 15. The first-order valence-electron chi connectivity index (χ1n) is 41.6. The molecule has 0 spiro atoms. The highest BCUT2D eigenvalue weighted by molar-refractivity contribution is 6.95. The molecule has 5 unspecified atom stereocenters. The van der Waals surface area contributed by atoms with E-state index in [1.807, 2.05) is 0 Å². The van der Waals surface area contributed by atoms with Gasteiger partial charge in [0.15, 0.2) is 16.6 Å². The fraction of sp³-hybridized carbons (Fsp3) is 0.958. The van der Waals surface area contributed by atoms with Crippen molar-refractivity contribution in [2.45, 2.75) is 342 Å². The second-order valence-corrected chi connectivity index (χ2v) is 88.2. The fourth-order valence-corrected chi connectivity index (χ4v) is 86.6. The lowest BCUT2D eigenvalue weighted by atomic mass is 10.1. The Hall–Kier alpha value is 1.21. The number of carbonyl (C=O) groups excluding carboxylic acids is 3. The Labute approximate surface area is 680 Å². The van der Waals surface area contributed by atoms with E-state index in [9.17, 15) is 0 Å². The molecule has 0 aromatic rings. The standard InChI is InChI=1S/C71H164O24Si14/c1-96(2,3)83-98(7,8)85-99(9,10)86-100(11,12)87-101(13,14)88-102(15,16)89-103(17,18)90-104(19,20)91-105(21,22)92-107(24,66-45-55-78-62-59-75-52-42-36-30-27-33-39-49-72)94-109(26,68-47-57-80-64-61-77-54-44-38-32-29-35-41-51-74)95-108(25,67-46-56-79-63-60-76-53-43-37-31-28-34-40-50-73)93-106(23,84-97(4,5)6)65-48-58-81-69-71-70-82-71/h49-51,71H,27-48,52-70H2,1-26H3/p+3. The van der Waals surface area contributed by atoms with Crippen molar-refractivity contribution < 1.29 is 106 Å². The highest BCUT2D eigenvalue weighted by atomic mass is 28.5. The van der Waals surface area contributed by atoms with E-state index in [2.05, 4.69) is 170 Å². The maximum Gasteiger partial charge on any atom is 0.317 e. The molecule has 1 saturated heterocycles. The van der Waals surface area contributed by atoms with Crippen molar-refractivity contribution in [3.8, 4) is 0 Å². The minimum Gasteiger partial charge on any atom is -0.437 e. The molecule has 38 heteroatoms. The Kier molecular flexibility index (Phi) is 54.1. The third kappa shape index (κ3) is 62.1. The molecule has 0 amide bonds. The third-order valence-corrected chi connectivity index (χ3v) is 71.9. The molecule has 0 saturated carbocycles. The van der Waals surface area contributed by atoms with Gasteiger partial charge in [0.2, 0.25) is 0 Å². The summed E-state index contributed by atoms with van der Waals surface area (Å²) < 4.78 is 143. The molecule has 0 aromatic carbocycles. The number of aldehydes is 3. The van der Waals surface area contributed by atoms with Gasteiger partial charge < -0.3 is 91.4 Å². The van der Waals surface area contributed by atoms with Gasteiger partial charge in [0, 0.05) is 46.2 Å². The van der Waals surface area contributed by atoms with Crippen molar-refractivity contribution in [1.29, 1.82) is 0 Å². The van der Waals surface area contributed by atoms with Crippen LogP contribution in [0.4, 0.5) is 0 Å². The zero-order valence-corrected chi connectivity index (χ0v) is 88.2. The fourth-order valence-electron chi connectivity index (χ4n) is 14.3. The molecule has 1 rings (SSSR count). The monoisotopic (exact) mass is 1800 g/mol. The molecular formula is C71H167O24Si14+3. The first-order chi connectivity index (χ1) is 50.5. The summed E-state index contributed by atoms with van der Waals surface area (Å²) >= 11 is 0. The number of hydrogen-bond acceptors (Lipinski definition) is 21. The predicted octanol–water partition coefficient (Wildman–Crippen LogP) is 18.4. The summed E-state index contributed by atoms with van der Waals surface area (Å²) in [6.45, 7) is 64.0. The number of ether oxygens (including phenoxy) is 8. The topological polar surface area (TPSA) is 261 Å². The number of rotatable bonds is 77. The van der Waals surface area contributed by atoms with Crippen LogP contribution in [0.5, 0.6) is 0 Å². The molecule has 109 heavy (non-hydrogen) atoms. The van der Waals surface area contributed by atoms with Crippen LogP contribution in [0.25, 0.3) is 0 Å². The normalized spacial score (nSPS) is 17.0. The van der Waals surface area contributed by atoms with Crippen LogP contribution in [-0.4, -0.2) is 258 Å². The van der Waals surface area contributed by atoms with E-state index in [1.165, 1.54) is 18.9 Å². The quantitative estimate of drug-likeness (QED) is 0.0180. The van der Waals surface area contributed by atoms with Crippen molar-refractivity contribution in [1.82, 2.24) is 0 Å². The maximum atomic E-state index is 9.05. The van der Waals surface area contributed by atoms with E-state index in [0.717, 1.165) is 135 Å². The lowest BCUT2D eigenvalue weighted by Gasteiger charge is -2.47. The molecule has 1 aliphatic heterocycles. The van der Waals surface area contributed by atoms with E-state index in [1.54, 1.807) is 0 Å². The highest BCUT2D eigenvalue weighted by Gasteiger charge is 2.55. The van der Waals surface area contributed by atoms with Crippen molar-refractivity contribution in [2.24, 2.45) is 0 Å². The molecule has 648 valence electrons. The molecule has 24 nitrogen and oxygen atoms in total. The van der Waals surface area contributed by atoms with Crippen LogP contribution in [0.15, 0.2) is 0 Å². The van der Waals surface area contributed by atoms with Gasteiger partial charge in [-0.1, -0.05) is 57.8 Å². The SMILES string of the molecule is C[Si](C)(C)O[Si](C)(C)O[Si](C)(C)O[Si](C)(C)O[Si](C)(C)O[Si](C)(C)O[Si](C)(C)O[Si](C)(C)O[Si](C)(C)O[Si](C)(CCCOCCOCCCCCCCC=[OH+])O[Si](C)(CCCOCCOCCCCCCCC=[OH+])O[Si](C)(CCCOCCOCCCCCCCC=[OH+])O[Si](C)(CCCOCC1CO1)O[Si](C)(C)C. The van der Waals surface area contributed by atoms with E-state index in [4.69, 9.17) is 106 Å². The Balaban J connectivity index is 3.82. The van der Waals surface area contributed by atoms with E-state index in [0.29, 0.717) is 130 Å². The van der Waals surface area contributed by atoms with Gasteiger partial charge in [0.1, 0.15) is 6.10 Å². The largest absolute Gasteiger partial charge is 0.437 e. The molecule has 0 aromatic heterocycles. The van der Waals surface area contributed by atoms with E-state index in [-0.39, 0.29) is 6.10 Å². The van der Waals surface area contributed by atoms with Crippen molar-refractivity contribution in [3.05, 3.63) is 0 Å². The average Bonchev–Trinajstić information content (AvgIpc) is 1.40. The summed E-state index contributed by atoms with van der Waals surface area (Å²) in [5.41, 5.74) is 0. The molecule has 0 bridgehead atoms. The molecule has 1 heterocycles. The smallest absolute Gasteiger partial charge is 0.317 e. The van der Waals surface area contributed by atoms with Gasteiger partial charge in [-0.05, 0) is 259 Å². The second kappa shape index (κ2) is 54.5. The molecule has 3 N–H and O–H groups in total. The zero-order chi connectivity index (χ0) is 82.5. The molecule has 1 fully saturated rings. The number of epoxide rings is 1. The van der Waals surface area contributed by atoms with Gasteiger partial charge in [-0.3, -0.25) is 14.4 Å². The zero-order valence-electron chi connectivity index (χ0n) is 74.2. The summed E-state index contributed by atoms with van der Waals surface area (Å²) in [6, 6.07) is 2.60. The minimum atomic E-state index is -3.39. The van der Waals surface area contributed by atoms with Crippen molar-refractivity contribution >= 4 is 138 Å². The van der Waals surface area contributed by atoms with Gasteiger partial charge >= 0.3 is 103 Å². The first-order valence-corrected chi connectivity index (χ1v) is 81.0. The molecule has 0 radical (unpaired) electrons. The van der Waals surface area contributed by atoms with Crippen molar-refractivity contribution in [2.75, 3.05) is 99.1 Å². The Bertz CT molecular complexity index is 2380. The Morgan fingerprint density at radius 3 is 0.679 bits per heavy atom. The Morgan fingerprint density at radius 2 is 0.431 bits per heavy atom. The molecule has 5 atom stereocenters. The van der Waals surface area contributed by atoms with Crippen LogP contribution >= 0.6 is 0 Å². The lowest BCUT2D eigenvalue weighted by Crippen LogP contribution is -2.64. The van der Waals surface area contributed by atoms with Crippen LogP contribution in [0.2, 0.25) is 194 Å². The Morgan fingerprint density at radius 1 is 0.229 bits per heavy atom. The van der Waals surface area contributed by atoms with Crippen molar-refractivity contribution in [3.63, 3.8) is 0 Å². The minimum absolute atomic E-state index is 0.180. The maximum absolute atomic E-state index is 9.05. The van der Waals surface area contributed by atoms with Crippen LogP contribution < -0.4 is 0 Å². The van der Waals surface area contributed by atoms with Crippen LogP contribution in [0.3, 0.4) is 0 Å². The second-order valence-electron chi connectivity index (χ2n) is 35.6. The van der Waals surface area contributed by atoms with Crippen LogP contribution in [0, 0.1) is 0 Å². The molecular weight excluding hydrogens is 1630 g/mol. The van der Waals surface area contributed by atoms with Crippen LogP contribution in [-0.2, 0) is 91.4 Å². The van der Waals surface area contributed by atoms with E-state index < -0.39 is 119 Å². The lowest BCUT2D eigenvalue weighted by molar-refractivity contribution is 0.0455. The van der Waals surface area contributed by atoms with Gasteiger partial charge in [-0.15, -0.1) is 0 Å². The third-order valence-electron chi connectivity index (χ3n) is 16.6. The summed E-state index contributed by atoms with van der Waals surface area (Å²) in [7, 11) is -40.0. The number of hydrogen-bond donors (Lipinski definition) is 0. The summed E-state index contributed by atoms with van der Waals surface area (Å²) in [5, 5.41) is 0. The summed E-state index contributed by atoms with van der Waals surface area (Å²) in [4.78, 5) is 27.1. The van der Waals surface area contributed by atoms with Gasteiger partial charge in [0.05, 0.1) is 72.1 Å².